The molecule has 1 aromatic rings. The van der Waals surface area contributed by atoms with Gasteiger partial charge in [0.2, 0.25) is 5.88 Å². The predicted octanol–water partition coefficient (Wildman–Crippen LogP) is 0.0199. The summed E-state index contributed by atoms with van der Waals surface area (Å²) in [5.74, 6) is -0.434. The van der Waals surface area contributed by atoms with Crippen molar-refractivity contribution in [2.45, 2.75) is 25.6 Å². The van der Waals surface area contributed by atoms with E-state index < -0.39 is 18.2 Å². The molecule has 7 heteroatoms. The number of hydrogen-bond donors (Lipinski definition) is 3. The van der Waals surface area contributed by atoms with Gasteiger partial charge in [0, 0.05) is 0 Å². The Morgan fingerprint density at radius 2 is 2.16 bits per heavy atom. The van der Waals surface area contributed by atoms with Crippen molar-refractivity contribution < 1.29 is 24.5 Å². The summed E-state index contributed by atoms with van der Waals surface area (Å²) in [6, 6.07) is 2.96. The summed E-state index contributed by atoms with van der Waals surface area (Å²) >= 11 is 0. The largest absolute Gasteiger partial charge is 0.480 e. The maximum absolute atomic E-state index is 11.2. The van der Waals surface area contributed by atoms with Crippen LogP contribution in [-0.4, -0.2) is 41.0 Å². The van der Waals surface area contributed by atoms with Gasteiger partial charge in [-0.2, -0.15) is 0 Å². The molecule has 1 heterocycles. The van der Waals surface area contributed by atoms with Gasteiger partial charge in [-0.15, -0.1) is 0 Å². The Morgan fingerprint density at radius 1 is 1.47 bits per heavy atom. The molecule has 1 rings (SSSR count). The number of methoxy groups -OCH3 is 1. The molecule has 0 bridgehead atoms. The van der Waals surface area contributed by atoms with Crippen molar-refractivity contribution in [1.82, 2.24) is 4.98 Å². The lowest BCUT2D eigenvalue weighted by Crippen LogP contribution is -2.24. The lowest BCUT2D eigenvalue weighted by molar-refractivity contribution is -0.147. The van der Waals surface area contributed by atoms with Crippen molar-refractivity contribution in [3.63, 3.8) is 0 Å². The fourth-order valence-corrected chi connectivity index (χ4v) is 1.49. The molecule has 1 aromatic heterocycles. The average Bonchev–Trinajstić information content (AvgIpc) is 2.38. The third-order valence-electron chi connectivity index (χ3n) is 2.45. The molecule has 0 saturated carbocycles. The van der Waals surface area contributed by atoms with E-state index in [-0.39, 0.29) is 24.6 Å². The predicted molar refractivity (Wildman–Crippen MR) is 67.4 cm³/mol. The molecule has 2 atom stereocenters. The van der Waals surface area contributed by atoms with Gasteiger partial charge in [0.15, 0.2) is 0 Å². The van der Waals surface area contributed by atoms with Gasteiger partial charge in [0.1, 0.15) is 6.10 Å². The van der Waals surface area contributed by atoms with Crippen LogP contribution in [0.4, 0.5) is 5.69 Å². The van der Waals surface area contributed by atoms with Crippen LogP contribution in [0.25, 0.3) is 0 Å². The van der Waals surface area contributed by atoms with Gasteiger partial charge >= 0.3 is 5.97 Å². The smallest absolute Gasteiger partial charge is 0.308 e. The number of pyridine rings is 1. The number of nitrogens with zero attached hydrogens (tertiary/aromatic N) is 1. The highest BCUT2D eigenvalue weighted by Crippen LogP contribution is 2.24. The van der Waals surface area contributed by atoms with Crippen LogP contribution >= 0.6 is 0 Å². The van der Waals surface area contributed by atoms with E-state index in [4.69, 9.17) is 10.5 Å². The molecule has 0 fully saturated rings. The number of carbonyl (C=O) groups excluding carboxylic acids is 1. The van der Waals surface area contributed by atoms with E-state index in [0.29, 0.717) is 5.69 Å². The SMILES string of the molecule is CCOC(=O)CC(O)C(O)c1ccc(N)c(OC)n1. The molecule has 0 aliphatic heterocycles. The Bertz CT molecular complexity index is 438. The standard InChI is InChI=1S/C12H18N2O5/c1-3-19-10(16)6-9(15)11(17)8-5-4-7(13)12(14-8)18-2/h4-5,9,11,15,17H,3,6,13H2,1-2H3. The Hall–Kier alpha value is -1.86. The second-order valence-corrected chi connectivity index (χ2v) is 3.86. The van der Waals surface area contributed by atoms with Crippen LogP contribution in [0, 0.1) is 0 Å². The van der Waals surface area contributed by atoms with E-state index in [2.05, 4.69) is 9.72 Å². The minimum atomic E-state index is -1.32. The zero-order chi connectivity index (χ0) is 14.4. The van der Waals surface area contributed by atoms with Crippen molar-refractivity contribution >= 4 is 11.7 Å². The van der Waals surface area contributed by atoms with Crippen molar-refractivity contribution in [1.29, 1.82) is 0 Å². The number of nitrogens with two attached hydrogens (primary N) is 1. The van der Waals surface area contributed by atoms with Crippen LogP contribution in [0.1, 0.15) is 25.1 Å². The van der Waals surface area contributed by atoms with Gasteiger partial charge < -0.3 is 25.4 Å². The van der Waals surface area contributed by atoms with E-state index in [1.807, 2.05) is 0 Å². The van der Waals surface area contributed by atoms with Crippen molar-refractivity contribution in [2.75, 3.05) is 19.5 Å². The number of ether oxygens (including phenoxy) is 2. The summed E-state index contributed by atoms with van der Waals surface area (Å²) < 4.78 is 9.60. The van der Waals surface area contributed by atoms with E-state index in [1.54, 1.807) is 6.92 Å². The van der Waals surface area contributed by atoms with Crippen LogP contribution in [-0.2, 0) is 9.53 Å². The third-order valence-corrected chi connectivity index (χ3v) is 2.45. The van der Waals surface area contributed by atoms with Crippen LogP contribution in [0.2, 0.25) is 0 Å². The first-order chi connectivity index (χ1) is 8.99. The number of carbonyl (C=O) groups is 1. The zero-order valence-electron chi connectivity index (χ0n) is 10.9. The average molecular weight is 270 g/mol. The number of nitrogen functional groups attached to an aromatic ring is 1. The highest BCUT2D eigenvalue weighted by atomic mass is 16.5. The monoisotopic (exact) mass is 270 g/mol. The van der Waals surface area contributed by atoms with Gasteiger partial charge in [0.25, 0.3) is 0 Å². The molecule has 0 radical (unpaired) electrons. The summed E-state index contributed by atoms with van der Waals surface area (Å²) in [6.07, 6.45) is -2.94. The summed E-state index contributed by atoms with van der Waals surface area (Å²) in [5.41, 5.74) is 6.08. The molecule has 0 aliphatic carbocycles. The quantitative estimate of drug-likeness (QED) is 0.624. The maximum atomic E-state index is 11.2. The number of aromatic nitrogens is 1. The summed E-state index contributed by atoms with van der Waals surface area (Å²) in [7, 11) is 1.39. The maximum Gasteiger partial charge on any atom is 0.308 e. The van der Waals surface area contributed by atoms with Crippen LogP contribution in [0.5, 0.6) is 5.88 Å². The molecule has 0 aliphatic rings. The van der Waals surface area contributed by atoms with Crippen molar-refractivity contribution in [2.24, 2.45) is 0 Å². The second kappa shape index (κ2) is 6.91. The summed E-state index contributed by atoms with van der Waals surface area (Å²) in [4.78, 5) is 15.2. The fourth-order valence-electron chi connectivity index (χ4n) is 1.49. The van der Waals surface area contributed by atoms with Crippen LogP contribution in [0.15, 0.2) is 12.1 Å². The number of aliphatic hydroxyl groups excluding tert-OH is 2. The lowest BCUT2D eigenvalue weighted by atomic mass is 10.1. The number of aliphatic hydroxyl groups is 2. The van der Waals surface area contributed by atoms with Gasteiger partial charge in [-0.25, -0.2) is 4.98 Å². The van der Waals surface area contributed by atoms with Crippen molar-refractivity contribution in [3.8, 4) is 5.88 Å². The number of anilines is 1. The zero-order valence-corrected chi connectivity index (χ0v) is 10.9. The Kier molecular flexibility index (Phi) is 5.53. The number of rotatable bonds is 6. The molecule has 7 nitrogen and oxygen atoms in total. The summed E-state index contributed by atoms with van der Waals surface area (Å²) in [6.45, 7) is 1.88. The molecule has 0 saturated heterocycles. The van der Waals surface area contributed by atoms with Gasteiger partial charge in [-0.1, -0.05) is 0 Å². The molecular formula is C12H18N2O5. The molecule has 0 aromatic carbocycles. The van der Waals surface area contributed by atoms with Crippen molar-refractivity contribution in [3.05, 3.63) is 17.8 Å². The molecule has 0 amide bonds. The highest BCUT2D eigenvalue weighted by Gasteiger charge is 2.24. The van der Waals surface area contributed by atoms with E-state index in [0.717, 1.165) is 0 Å². The molecule has 19 heavy (non-hydrogen) atoms. The molecule has 4 N–H and O–H groups in total. The first-order valence-corrected chi connectivity index (χ1v) is 5.81. The number of hydrogen-bond acceptors (Lipinski definition) is 7. The van der Waals surface area contributed by atoms with Gasteiger partial charge in [0.05, 0.1) is 37.6 Å². The topological polar surface area (TPSA) is 115 Å². The first-order valence-electron chi connectivity index (χ1n) is 5.81. The molecular weight excluding hydrogens is 252 g/mol. The Balaban J connectivity index is 2.76. The Morgan fingerprint density at radius 3 is 2.74 bits per heavy atom. The van der Waals surface area contributed by atoms with E-state index in [1.165, 1.54) is 19.2 Å². The van der Waals surface area contributed by atoms with E-state index >= 15 is 0 Å². The second-order valence-electron chi connectivity index (χ2n) is 3.86. The summed E-state index contributed by atoms with van der Waals surface area (Å²) in [5, 5.41) is 19.6. The van der Waals surface area contributed by atoms with Crippen LogP contribution in [0.3, 0.4) is 0 Å². The number of esters is 1. The third kappa shape index (κ3) is 4.08. The minimum Gasteiger partial charge on any atom is -0.480 e. The molecule has 2 unspecified atom stereocenters. The molecule has 106 valence electrons. The minimum absolute atomic E-state index is 0.153. The first kappa shape index (κ1) is 15.2. The van der Waals surface area contributed by atoms with Gasteiger partial charge in [-0.3, -0.25) is 4.79 Å². The molecule has 0 spiro atoms. The highest BCUT2D eigenvalue weighted by molar-refractivity contribution is 5.70. The normalized spacial score (nSPS) is 13.7. The van der Waals surface area contributed by atoms with Gasteiger partial charge in [-0.05, 0) is 19.1 Å². The van der Waals surface area contributed by atoms with E-state index in [9.17, 15) is 15.0 Å². The Labute approximate surface area is 111 Å². The fraction of sp³-hybridized carbons (Fsp3) is 0.500. The lowest BCUT2D eigenvalue weighted by Gasteiger charge is -2.17. The van der Waals surface area contributed by atoms with Crippen LogP contribution < -0.4 is 10.5 Å².